The number of nitrogens with two attached hydrogens (primary N) is 2. The Morgan fingerprint density at radius 2 is 1.73 bits per heavy atom. The monoisotopic (exact) mass is 318 g/mol. The van der Waals surface area contributed by atoms with Gasteiger partial charge in [0.05, 0.1) is 19.0 Å². The number of carbonyl (C=O) groups is 4. The highest BCUT2D eigenvalue weighted by Crippen LogP contribution is 2.00. The van der Waals surface area contributed by atoms with E-state index in [0.717, 1.165) is 0 Å². The van der Waals surface area contributed by atoms with Crippen molar-refractivity contribution in [2.24, 2.45) is 11.5 Å². The Morgan fingerprint density at radius 3 is 2.23 bits per heavy atom. The third kappa shape index (κ3) is 8.87. The number of hydrogen-bond acceptors (Lipinski definition) is 6. The molecule has 2 amide bonds. The van der Waals surface area contributed by atoms with Gasteiger partial charge in [-0.3, -0.25) is 14.4 Å². The summed E-state index contributed by atoms with van der Waals surface area (Å²) in [5.74, 6) is -3.92. The van der Waals surface area contributed by atoms with E-state index in [1.54, 1.807) is 0 Å². The second-order valence-corrected chi connectivity index (χ2v) is 4.66. The number of rotatable bonds is 11. The summed E-state index contributed by atoms with van der Waals surface area (Å²) in [7, 11) is 0. The third-order valence-electron chi connectivity index (χ3n) is 2.73. The lowest BCUT2D eigenvalue weighted by Gasteiger charge is -2.15. The number of carboxylic acid groups (broad SMARTS) is 2. The minimum Gasteiger partial charge on any atom is -0.481 e. The van der Waals surface area contributed by atoms with E-state index in [1.165, 1.54) is 0 Å². The maximum absolute atomic E-state index is 11.6. The number of nitrogens with one attached hydrogen (secondary N) is 2. The van der Waals surface area contributed by atoms with E-state index in [4.69, 9.17) is 21.7 Å². The van der Waals surface area contributed by atoms with Gasteiger partial charge in [-0.15, -0.1) is 0 Å². The van der Waals surface area contributed by atoms with Gasteiger partial charge in [-0.25, -0.2) is 4.79 Å². The Bertz CT molecular complexity index is 414. The van der Waals surface area contributed by atoms with Crippen LogP contribution in [0, 0.1) is 0 Å². The minimum atomic E-state index is -1.27. The summed E-state index contributed by atoms with van der Waals surface area (Å²) in [4.78, 5) is 44.3. The normalized spacial score (nSPS) is 13.0. The van der Waals surface area contributed by atoms with Crippen LogP contribution in [0.2, 0.25) is 0 Å². The maximum Gasteiger partial charge on any atom is 0.326 e. The van der Waals surface area contributed by atoms with Gasteiger partial charge < -0.3 is 32.3 Å². The fourth-order valence-corrected chi connectivity index (χ4v) is 1.57. The molecule has 0 radical (unpaired) electrons. The van der Waals surface area contributed by atoms with Crippen molar-refractivity contribution in [2.45, 2.75) is 37.8 Å². The lowest BCUT2D eigenvalue weighted by Crippen LogP contribution is -2.48. The highest BCUT2D eigenvalue weighted by atomic mass is 16.4. The standard InChI is InChI=1S/C12H22N4O6/c13-4-2-1-3-8(12(21)22)16-9(17)6-15-11(20)7(14)5-10(18)19/h7-8H,1-6,13-14H2,(H,15,20)(H,16,17)(H,18,19)(H,21,22)/t7-,8-/m0/s1. The molecular weight excluding hydrogens is 296 g/mol. The van der Waals surface area contributed by atoms with Crippen molar-refractivity contribution in [3.05, 3.63) is 0 Å². The predicted octanol–water partition coefficient (Wildman–Crippen LogP) is -2.40. The summed E-state index contributed by atoms with van der Waals surface area (Å²) >= 11 is 0. The number of aliphatic carboxylic acids is 2. The van der Waals surface area contributed by atoms with Crippen molar-refractivity contribution in [2.75, 3.05) is 13.1 Å². The zero-order chi connectivity index (χ0) is 17.1. The van der Waals surface area contributed by atoms with Crippen LogP contribution in [-0.4, -0.2) is 59.1 Å². The Balaban J connectivity index is 4.21. The van der Waals surface area contributed by atoms with E-state index in [0.29, 0.717) is 19.4 Å². The number of amides is 2. The average Bonchev–Trinajstić information content (AvgIpc) is 2.42. The molecule has 0 rings (SSSR count). The molecule has 0 unspecified atom stereocenters. The fraction of sp³-hybridized carbons (Fsp3) is 0.667. The van der Waals surface area contributed by atoms with Crippen molar-refractivity contribution >= 4 is 23.8 Å². The number of carbonyl (C=O) groups excluding carboxylic acids is 2. The zero-order valence-electron chi connectivity index (χ0n) is 12.1. The second kappa shape index (κ2) is 10.5. The van der Waals surface area contributed by atoms with E-state index >= 15 is 0 Å². The van der Waals surface area contributed by atoms with Crippen LogP contribution < -0.4 is 22.1 Å². The smallest absolute Gasteiger partial charge is 0.326 e. The van der Waals surface area contributed by atoms with E-state index in [2.05, 4.69) is 10.6 Å². The summed E-state index contributed by atoms with van der Waals surface area (Å²) in [6.07, 6.45) is 0.846. The van der Waals surface area contributed by atoms with E-state index < -0.39 is 48.8 Å². The molecule has 2 atom stereocenters. The number of carboxylic acids is 2. The molecule has 126 valence electrons. The van der Waals surface area contributed by atoms with Gasteiger partial charge in [-0.2, -0.15) is 0 Å². The molecule has 0 aliphatic rings. The predicted molar refractivity (Wildman–Crippen MR) is 75.7 cm³/mol. The van der Waals surface area contributed by atoms with Gasteiger partial charge in [-0.1, -0.05) is 0 Å². The highest BCUT2D eigenvalue weighted by Gasteiger charge is 2.21. The maximum atomic E-state index is 11.6. The Labute approximate surface area is 127 Å². The molecule has 0 aromatic heterocycles. The summed E-state index contributed by atoms with van der Waals surface area (Å²) in [5.41, 5.74) is 10.6. The van der Waals surface area contributed by atoms with Crippen LogP contribution in [0.5, 0.6) is 0 Å². The van der Waals surface area contributed by atoms with Gasteiger partial charge in [0.1, 0.15) is 6.04 Å². The van der Waals surface area contributed by atoms with Crippen LogP contribution in [-0.2, 0) is 19.2 Å². The van der Waals surface area contributed by atoms with Crippen molar-refractivity contribution in [1.29, 1.82) is 0 Å². The molecule has 0 aromatic carbocycles. The molecule has 0 heterocycles. The van der Waals surface area contributed by atoms with E-state index in [9.17, 15) is 19.2 Å². The molecule has 0 saturated carbocycles. The van der Waals surface area contributed by atoms with Crippen LogP contribution in [0.4, 0.5) is 0 Å². The summed E-state index contributed by atoms with van der Waals surface area (Å²) in [5, 5.41) is 21.9. The van der Waals surface area contributed by atoms with E-state index in [1.807, 2.05) is 0 Å². The average molecular weight is 318 g/mol. The zero-order valence-corrected chi connectivity index (χ0v) is 12.1. The molecule has 0 fully saturated rings. The first-order valence-electron chi connectivity index (χ1n) is 6.75. The first-order valence-corrected chi connectivity index (χ1v) is 6.75. The van der Waals surface area contributed by atoms with Gasteiger partial charge in [0.25, 0.3) is 0 Å². The topological polar surface area (TPSA) is 185 Å². The second-order valence-electron chi connectivity index (χ2n) is 4.66. The molecule has 0 aliphatic carbocycles. The van der Waals surface area contributed by atoms with Crippen molar-refractivity contribution in [3.8, 4) is 0 Å². The first-order chi connectivity index (χ1) is 10.3. The molecular formula is C12H22N4O6. The minimum absolute atomic E-state index is 0.227. The molecule has 0 saturated heterocycles. The van der Waals surface area contributed by atoms with Crippen molar-refractivity contribution in [1.82, 2.24) is 10.6 Å². The highest BCUT2D eigenvalue weighted by molar-refractivity contribution is 5.90. The first kappa shape index (κ1) is 19.8. The van der Waals surface area contributed by atoms with Crippen LogP contribution in [0.3, 0.4) is 0 Å². The largest absolute Gasteiger partial charge is 0.481 e. The molecule has 10 nitrogen and oxygen atoms in total. The third-order valence-corrected chi connectivity index (χ3v) is 2.73. The van der Waals surface area contributed by atoms with Gasteiger partial charge >= 0.3 is 11.9 Å². The molecule has 22 heavy (non-hydrogen) atoms. The molecule has 0 aromatic rings. The van der Waals surface area contributed by atoms with Crippen LogP contribution in [0.25, 0.3) is 0 Å². The van der Waals surface area contributed by atoms with E-state index in [-0.39, 0.29) is 6.42 Å². The number of unbranched alkanes of at least 4 members (excludes halogenated alkanes) is 1. The molecule has 8 N–H and O–H groups in total. The van der Waals surface area contributed by atoms with Gasteiger partial charge in [0.15, 0.2) is 0 Å². The lowest BCUT2D eigenvalue weighted by molar-refractivity contribution is -0.142. The Kier molecular flexibility index (Phi) is 9.46. The summed E-state index contributed by atoms with van der Waals surface area (Å²) < 4.78 is 0. The Hall–Kier alpha value is -2.20. The SMILES string of the molecule is NCCCC[C@H](NC(=O)CNC(=O)[C@@H](N)CC(=O)O)C(=O)O. The van der Waals surface area contributed by atoms with Gasteiger partial charge in [-0.05, 0) is 25.8 Å². The molecule has 10 heteroatoms. The quantitative estimate of drug-likeness (QED) is 0.228. The van der Waals surface area contributed by atoms with Crippen molar-refractivity contribution < 1.29 is 29.4 Å². The van der Waals surface area contributed by atoms with Crippen LogP contribution in [0.1, 0.15) is 25.7 Å². The fourth-order valence-electron chi connectivity index (χ4n) is 1.57. The van der Waals surface area contributed by atoms with Gasteiger partial charge in [0.2, 0.25) is 11.8 Å². The van der Waals surface area contributed by atoms with Crippen molar-refractivity contribution in [3.63, 3.8) is 0 Å². The Morgan fingerprint density at radius 1 is 1.09 bits per heavy atom. The molecule has 0 bridgehead atoms. The molecule has 0 spiro atoms. The lowest BCUT2D eigenvalue weighted by atomic mass is 10.1. The molecule has 0 aliphatic heterocycles. The number of hydrogen-bond donors (Lipinski definition) is 6. The van der Waals surface area contributed by atoms with Gasteiger partial charge in [0, 0.05) is 0 Å². The van der Waals surface area contributed by atoms with Crippen LogP contribution in [0.15, 0.2) is 0 Å². The van der Waals surface area contributed by atoms with Crippen LogP contribution >= 0.6 is 0 Å². The summed E-state index contributed by atoms with van der Waals surface area (Å²) in [6.45, 7) is -0.0510. The summed E-state index contributed by atoms with van der Waals surface area (Å²) in [6, 6.07) is -2.34.